The van der Waals surface area contributed by atoms with Crippen LogP contribution in [0.25, 0.3) is 0 Å². The van der Waals surface area contributed by atoms with Crippen molar-refractivity contribution >= 4 is 18.3 Å². The number of nitrogens with two attached hydrogens (primary N) is 1. The summed E-state index contributed by atoms with van der Waals surface area (Å²) in [4.78, 5) is 13.2. The van der Waals surface area contributed by atoms with Crippen LogP contribution in [-0.4, -0.2) is 31.4 Å². The van der Waals surface area contributed by atoms with Gasteiger partial charge in [0.25, 0.3) is 0 Å². The lowest BCUT2D eigenvalue weighted by Gasteiger charge is -2.19. The molecule has 2 N–H and O–H groups in total. The highest BCUT2D eigenvalue weighted by atomic mass is 35.5. The predicted molar refractivity (Wildman–Crippen MR) is 64.1 cm³/mol. The molecule has 0 saturated heterocycles. The molecule has 0 spiro atoms. The zero-order chi connectivity index (χ0) is 11.4. The Morgan fingerprint density at radius 2 is 1.88 bits per heavy atom. The van der Waals surface area contributed by atoms with Crippen LogP contribution in [0.1, 0.15) is 11.5 Å². The van der Waals surface area contributed by atoms with Gasteiger partial charge in [0, 0.05) is 20.6 Å². The van der Waals surface area contributed by atoms with Crippen LogP contribution in [0.5, 0.6) is 0 Å². The second-order valence-corrected chi connectivity index (χ2v) is 3.57. The average Bonchev–Trinajstić information content (AvgIpc) is 2.21. The first-order valence-corrected chi connectivity index (χ1v) is 4.73. The van der Waals surface area contributed by atoms with Gasteiger partial charge in [-0.25, -0.2) is 4.39 Å². The Morgan fingerprint density at radius 3 is 2.25 bits per heavy atom. The molecular weight excluding hydrogens is 231 g/mol. The molecule has 1 rings (SSSR count). The number of hydrogen-bond acceptors (Lipinski definition) is 2. The number of nitrogens with zero attached hydrogens (tertiary/aromatic N) is 1. The summed E-state index contributed by atoms with van der Waals surface area (Å²) in [5, 5.41) is 0. The van der Waals surface area contributed by atoms with E-state index >= 15 is 0 Å². The Morgan fingerprint density at radius 1 is 1.38 bits per heavy atom. The van der Waals surface area contributed by atoms with Gasteiger partial charge in [0.05, 0.1) is 5.92 Å². The lowest BCUT2D eigenvalue weighted by atomic mass is 9.98. The van der Waals surface area contributed by atoms with Crippen LogP contribution in [0.3, 0.4) is 0 Å². The summed E-state index contributed by atoms with van der Waals surface area (Å²) in [5.41, 5.74) is 6.29. The predicted octanol–water partition coefficient (Wildman–Crippen LogP) is 1.38. The highest BCUT2D eigenvalue weighted by molar-refractivity contribution is 5.85. The van der Waals surface area contributed by atoms with Gasteiger partial charge in [0.15, 0.2) is 0 Å². The maximum Gasteiger partial charge on any atom is 0.230 e. The molecule has 0 saturated carbocycles. The lowest BCUT2D eigenvalue weighted by Crippen LogP contribution is -2.32. The third-order valence-electron chi connectivity index (χ3n) is 2.25. The number of benzene rings is 1. The van der Waals surface area contributed by atoms with Crippen LogP contribution in [0.2, 0.25) is 0 Å². The highest BCUT2D eigenvalue weighted by Gasteiger charge is 2.20. The van der Waals surface area contributed by atoms with Gasteiger partial charge < -0.3 is 10.6 Å². The molecule has 0 radical (unpaired) electrons. The smallest absolute Gasteiger partial charge is 0.230 e. The summed E-state index contributed by atoms with van der Waals surface area (Å²) in [6, 6.07) is 5.85. The topological polar surface area (TPSA) is 46.3 Å². The van der Waals surface area contributed by atoms with Gasteiger partial charge in [-0.15, -0.1) is 12.4 Å². The first-order chi connectivity index (χ1) is 7.06. The SMILES string of the molecule is CN(C)C(=O)C(CN)c1ccc(F)cc1.Cl. The van der Waals surface area contributed by atoms with Crippen molar-refractivity contribution in [1.82, 2.24) is 4.90 Å². The molecule has 1 aromatic rings. The quantitative estimate of drug-likeness (QED) is 0.876. The van der Waals surface area contributed by atoms with Crippen molar-refractivity contribution in [3.8, 4) is 0 Å². The molecule has 1 unspecified atom stereocenters. The summed E-state index contributed by atoms with van der Waals surface area (Å²) in [6.45, 7) is 0.225. The van der Waals surface area contributed by atoms with Crippen molar-refractivity contribution in [3.63, 3.8) is 0 Å². The largest absolute Gasteiger partial charge is 0.348 e. The molecule has 16 heavy (non-hydrogen) atoms. The molecule has 1 aromatic carbocycles. The van der Waals surface area contributed by atoms with E-state index in [1.54, 1.807) is 26.2 Å². The van der Waals surface area contributed by atoms with Gasteiger partial charge in [-0.2, -0.15) is 0 Å². The van der Waals surface area contributed by atoms with E-state index in [1.807, 2.05) is 0 Å². The molecule has 0 aliphatic heterocycles. The molecule has 0 bridgehead atoms. The Labute approximate surface area is 101 Å². The molecule has 90 valence electrons. The van der Waals surface area contributed by atoms with E-state index in [1.165, 1.54) is 17.0 Å². The van der Waals surface area contributed by atoms with Crippen LogP contribution < -0.4 is 5.73 Å². The van der Waals surface area contributed by atoms with Crippen molar-refractivity contribution in [2.24, 2.45) is 5.73 Å². The number of likely N-dealkylation sites (N-methyl/N-ethyl adjacent to an activating group) is 1. The van der Waals surface area contributed by atoms with E-state index in [9.17, 15) is 9.18 Å². The second-order valence-electron chi connectivity index (χ2n) is 3.57. The standard InChI is InChI=1S/C11H15FN2O.ClH/c1-14(2)11(15)10(7-13)8-3-5-9(12)6-4-8;/h3-6,10H,7,13H2,1-2H3;1H. The zero-order valence-electron chi connectivity index (χ0n) is 9.31. The lowest BCUT2D eigenvalue weighted by molar-refractivity contribution is -0.130. The molecule has 0 aromatic heterocycles. The normalized spacial score (nSPS) is 11.5. The number of carbonyl (C=O) groups excluding carboxylic acids is 1. The van der Waals surface area contributed by atoms with E-state index in [0.717, 1.165) is 5.56 Å². The first kappa shape index (κ1) is 14.9. The fourth-order valence-corrected chi connectivity index (χ4v) is 1.39. The van der Waals surface area contributed by atoms with Crippen LogP contribution in [0, 0.1) is 5.82 Å². The van der Waals surface area contributed by atoms with Crippen molar-refractivity contribution in [2.75, 3.05) is 20.6 Å². The molecular formula is C11H16ClFN2O. The molecule has 1 amide bonds. The number of hydrogen-bond donors (Lipinski definition) is 1. The summed E-state index contributed by atoms with van der Waals surface area (Å²) < 4.78 is 12.7. The van der Waals surface area contributed by atoms with Gasteiger partial charge in [-0.1, -0.05) is 12.1 Å². The Kier molecular flexibility index (Phi) is 6.00. The minimum absolute atomic E-state index is 0. The number of halogens is 2. The molecule has 1 atom stereocenters. The van der Waals surface area contributed by atoms with E-state index in [2.05, 4.69) is 0 Å². The fraction of sp³-hybridized carbons (Fsp3) is 0.364. The average molecular weight is 247 g/mol. The summed E-state index contributed by atoms with van der Waals surface area (Å²) >= 11 is 0. The van der Waals surface area contributed by atoms with Crippen molar-refractivity contribution < 1.29 is 9.18 Å². The molecule has 5 heteroatoms. The van der Waals surface area contributed by atoms with Crippen molar-refractivity contribution in [1.29, 1.82) is 0 Å². The first-order valence-electron chi connectivity index (χ1n) is 4.73. The third-order valence-corrected chi connectivity index (χ3v) is 2.25. The molecule has 0 fully saturated rings. The van der Waals surface area contributed by atoms with Gasteiger partial charge in [-0.3, -0.25) is 4.79 Å². The van der Waals surface area contributed by atoms with Crippen LogP contribution in [-0.2, 0) is 4.79 Å². The number of amides is 1. The van der Waals surface area contributed by atoms with Crippen molar-refractivity contribution in [3.05, 3.63) is 35.6 Å². The summed E-state index contributed by atoms with van der Waals surface area (Å²) in [7, 11) is 3.35. The van der Waals surface area contributed by atoms with Gasteiger partial charge in [0.2, 0.25) is 5.91 Å². The monoisotopic (exact) mass is 246 g/mol. The van der Waals surface area contributed by atoms with Gasteiger partial charge in [-0.05, 0) is 17.7 Å². The Hall–Kier alpha value is -1.13. The summed E-state index contributed by atoms with van der Waals surface area (Å²) in [5.74, 6) is -0.767. The van der Waals surface area contributed by atoms with Crippen LogP contribution in [0.15, 0.2) is 24.3 Å². The Bertz CT molecular complexity index is 340. The minimum atomic E-state index is -0.388. The van der Waals surface area contributed by atoms with Gasteiger partial charge in [0.1, 0.15) is 5.82 Å². The molecule has 0 heterocycles. The molecule has 0 aliphatic rings. The maximum absolute atomic E-state index is 12.7. The highest BCUT2D eigenvalue weighted by Crippen LogP contribution is 2.16. The van der Waals surface area contributed by atoms with Crippen LogP contribution >= 0.6 is 12.4 Å². The maximum atomic E-state index is 12.7. The van der Waals surface area contributed by atoms with Crippen LogP contribution in [0.4, 0.5) is 4.39 Å². The van der Waals surface area contributed by atoms with E-state index in [0.29, 0.717) is 0 Å². The van der Waals surface area contributed by atoms with E-state index in [-0.39, 0.29) is 36.6 Å². The molecule has 0 aliphatic carbocycles. The second kappa shape index (κ2) is 6.45. The van der Waals surface area contributed by atoms with Crippen molar-refractivity contribution in [2.45, 2.75) is 5.92 Å². The Balaban J connectivity index is 0.00000225. The van der Waals surface area contributed by atoms with E-state index < -0.39 is 0 Å². The van der Waals surface area contributed by atoms with Gasteiger partial charge >= 0.3 is 0 Å². The third kappa shape index (κ3) is 3.47. The molecule has 3 nitrogen and oxygen atoms in total. The minimum Gasteiger partial charge on any atom is -0.348 e. The number of carbonyl (C=O) groups is 1. The summed E-state index contributed by atoms with van der Waals surface area (Å²) in [6.07, 6.45) is 0. The zero-order valence-corrected chi connectivity index (χ0v) is 10.1. The number of rotatable bonds is 3. The fourth-order valence-electron chi connectivity index (χ4n) is 1.39. The van der Waals surface area contributed by atoms with E-state index in [4.69, 9.17) is 5.73 Å².